The molecule has 1 N–H and O–H groups in total. The number of halogens is 2. The second-order valence-electron chi connectivity index (χ2n) is 8.81. The summed E-state index contributed by atoms with van der Waals surface area (Å²) >= 11 is 6.84. The Morgan fingerprint density at radius 2 is 1.19 bits per heavy atom. The van der Waals surface area contributed by atoms with Crippen LogP contribution in [-0.2, 0) is 9.59 Å². The van der Waals surface area contributed by atoms with Gasteiger partial charge in [0.25, 0.3) is 11.8 Å². The maximum absolute atomic E-state index is 13.8. The molecule has 2 amide bonds. The number of phenols is 1. The molecule has 0 bridgehead atoms. The third-order valence-corrected chi connectivity index (χ3v) is 7.54. The molecule has 0 aromatic heterocycles. The van der Waals surface area contributed by atoms with Gasteiger partial charge in [-0.15, -0.1) is 0 Å². The summed E-state index contributed by atoms with van der Waals surface area (Å²) in [5.41, 5.74) is 3.14. The highest BCUT2D eigenvalue weighted by Gasteiger charge is 2.50. The van der Waals surface area contributed by atoms with Gasteiger partial charge in [0.15, 0.2) is 0 Å². The molecule has 0 saturated carbocycles. The molecule has 1 unspecified atom stereocenters. The van der Waals surface area contributed by atoms with Crippen LogP contribution in [0.2, 0.25) is 0 Å². The number of benzene rings is 3. The van der Waals surface area contributed by atoms with Gasteiger partial charge in [-0.1, -0.05) is 44.0 Å². The Bertz CT molecular complexity index is 1320. The molecule has 0 saturated heterocycles. The highest BCUT2D eigenvalue weighted by molar-refractivity contribution is 9.10. The van der Waals surface area contributed by atoms with E-state index in [4.69, 9.17) is 0 Å². The molecule has 5 rings (SSSR count). The maximum Gasteiger partial charge on any atom is 0.256 e. The Morgan fingerprint density at radius 3 is 1.61 bits per heavy atom. The molecular formula is C27H22Br2N4O3. The van der Waals surface area contributed by atoms with Crippen molar-refractivity contribution in [3.05, 3.63) is 87.3 Å². The second kappa shape index (κ2) is 9.63. The first kappa shape index (κ1) is 24.4. The monoisotopic (exact) mass is 608 g/mol. The molecule has 7 nitrogen and oxygen atoms in total. The van der Waals surface area contributed by atoms with Gasteiger partial charge in [-0.3, -0.25) is 9.59 Å². The fourth-order valence-corrected chi connectivity index (χ4v) is 5.36. The topological polar surface area (TPSA) is 85.6 Å². The van der Waals surface area contributed by atoms with Crippen molar-refractivity contribution >= 4 is 66.5 Å². The Hall–Kier alpha value is -3.30. The highest BCUT2D eigenvalue weighted by atomic mass is 79.9. The van der Waals surface area contributed by atoms with Crippen LogP contribution in [0.3, 0.4) is 0 Å². The number of aromatic hydroxyl groups is 1. The predicted octanol–water partition coefficient (Wildman–Crippen LogP) is 6.08. The van der Waals surface area contributed by atoms with E-state index >= 15 is 0 Å². The first-order valence-corrected chi connectivity index (χ1v) is 12.9. The molecule has 0 spiro atoms. The van der Waals surface area contributed by atoms with Crippen molar-refractivity contribution in [1.82, 2.24) is 0 Å². The fraction of sp³-hybridized carbons (Fsp3) is 0.185. The quantitative estimate of drug-likeness (QED) is 0.380. The number of carbonyl (C=O) groups is 2. The minimum Gasteiger partial charge on any atom is -0.508 e. The number of rotatable bonds is 5. The molecule has 182 valence electrons. The predicted molar refractivity (Wildman–Crippen MR) is 147 cm³/mol. The standard InChI is InChI=1S/C27H22Br2N4O3/c1-15-23(26(35)32(30-15)20-10-6-18(28)7-11-20)25(17-4-3-5-22(34)14-17)24-16(2)31-33(27(24)36)21-12-8-19(29)9-13-21/h3-14,23-25,34H,1-2H3/t23-,24+,25?. The zero-order valence-electron chi connectivity index (χ0n) is 19.5. The summed E-state index contributed by atoms with van der Waals surface area (Å²) in [6.45, 7) is 3.60. The van der Waals surface area contributed by atoms with Gasteiger partial charge in [0.2, 0.25) is 0 Å². The third-order valence-electron chi connectivity index (χ3n) is 6.48. The van der Waals surface area contributed by atoms with Crippen LogP contribution in [0.5, 0.6) is 5.75 Å². The lowest BCUT2D eigenvalue weighted by molar-refractivity contribution is -0.122. The third kappa shape index (κ3) is 4.37. The van der Waals surface area contributed by atoms with E-state index in [0.29, 0.717) is 28.4 Å². The minimum atomic E-state index is -0.709. The van der Waals surface area contributed by atoms with Gasteiger partial charge in [-0.25, -0.2) is 10.0 Å². The van der Waals surface area contributed by atoms with Crippen molar-refractivity contribution in [3.63, 3.8) is 0 Å². The summed E-state index contributed by atoms with van der Waals surface area (Å²) in [6.07, 6.45) is 0. The normalized spacial score (nSPS) is 20.6. The fourth-order valence-electron chi connectivity index (χ4n) is 4.83. The Kier molecular flexibility index (Phi) is 6.53. The number of amides is 2. The molecule has 2 heterocycles. The second-order valence-corrected chi connectivity index (χ2v) is 10.6. The van der Waals surface area contributed by atoms with Crippen molar-refractivity contribution in [2.24, 2.45) is 22.0 Å². The van der Waals surface area contributed by atoms with Gasteiger partial charge in [0, 0.05) is 26.3 Å². The number of hydrazone groups is 2. The summed E-state index contributed by atoms with van der Waals surface area (Å²) in [7, 11) is 0. The van der Waals surface area contributed by atoms with Gasteiger partial charge < -0.3 is 5.11 Å². The number of hydrogen-bond acceptors (Lipinski definition) is 5. The van der Waals surface area contributed by atoms with E-state index < -0.39 is 17.8 Å². The number of hydrogen-bond donors (Lipinski definition) is 1. The molecule has 2 aliphatic heterocycles. The van der Waals surface area contributed by atoms with Crippen LogP contribution in [-0.4, -0.2) is 28.3 Å². The van der Waals surface area contributed by atoms with Crippen molar-refractivity contribution in [2.45, 2.75) is 19.8 Å². The Morgan fingerprint density at radius 1 is 0.750 bits per heavy atom. The zero-order valence-corrected chi connectivity index (χ0v) is 22.6. The zero-order chi connectivity index (χ0) is 25.6. The number of anilines is 2. The van der Waals surface area contributed by atoms with Crippen LogP contribution >= 0.6 is 31.9 Å². The lowest BCUT2D eigenvalue weighted by atomic mass is 9.73. The number of carbonyl (C=O) groups excluding carboxylic acids is 2. The SMILES string of the molecule is CC1=NN(c2ccc(Br)cc2)C(=O)[C@H]1C(c1cccc(O)c1)[C@H]1C(=O)N(c2ccc(Br)cc2)N=C1C. The molecule has 0 radical (unpaired) electrons. The van der Waals surface area contributed by atoms with E-state index in [1.807, 2.05) is 54.6 Å². The summed E-state index contributed by atoms with van der Waals surface area (Å²) in [5, 5.41) is 22.2. The summed E-state index contributed by atoms with van der Waals surface area (Å²) in [6, 6.07) is 21.4. The largest absolute Gasteiger partial charge is 0.508 e. The first-order chi connectivity index (χ1) is 17.2. The van der Waals surface area contributed by atoms with Crippen LogP contribution in [0.15, 0.2) is 91.9 Å². The average molecular weight is 610 g/mol. The van der Waals surface area contributed by atoms with Gasteiger partial charge >= 0.3 is 0 Å². The van der Waals surface area contributed by atoms with Gasteiger partial charge in [0.05, 0.1) is 23.2 Å². The maximum atomic E-state index is 13.8. The van der Waals surface area contributed by atoms with E-state index in [-0.39, 0.29) is 17.6 Å². The van der Waals surface area contributed by atoms with E-state index in [9.17, 15) is 14.7 Å². The smallest absolute Gasteiger partial charge is 0.256 e. The lowest BCUT2D eigenvalue weighted by Gasteiger charge is -2.28. The van der Waals surface area contributed by atoms with E-state index in [2.05, 4.69) is 42.1 Å². The molecule has 3 atom stereocenters. The lowest BCUT2D eigenvalue weighted by Crippen LogP contribution is -2.40. The average Bonchev–Trinajstić information content (AvgIpc) is 3.31. The van der Waals surface area contributed by atoms with Crippen molar-refractivity contribution < 1.29 is 14.7 Å². The van der Waals surface area contributed by atoms with Crippen molar-refractivity contribution in [2.75, 3.05) is 10.0 Å². The van der Waals surface area contributed by atoms with E-state index in [0.717, 1.165) is 8.95 Å². The molecule has 0 aliphatic carbocycles. The van der Waals surface area contributed by atoms with Gasteiger partial charge in [-0.2, -0.15) is 10.2 Å². The summed E-state index contributed by atoms with van der Waals surface area (Å²) < 4.78 is 1.79. The molecule has 9 heteroatoms. The molecular weight excluding hydrogens is 588 g/mol. The van der Waals surface area contributed by atoms with Crippen LogP contribution < -0.4 is 10.0 Å². The van der Waals surface area contributed by atoms with Gasteiger partial charge in [0.1, 0.15) is 5.75 Å². The summed E-state index contributed by atoms with van der Waals surface area (Å²) in [5.74, 6) is -2.42. The molecule has 36 heavy (non-hydrogen) atoms. The minimum absolute atomic E-state index is 0.0621. The first-order valence-electron chi connectivity index (χ1n) is 11.3. The highest BCUT2D eigenvalue weighted by Crippen LogP contribution is 2.43. The van der Waals surface area contributed by atoms with Crippen LogP contribution in [0.1, 0.15) is 25.3 Å². The van der Waals surface area contributed by atoms with E-state index in [1.54, 1.807) is 32.0 Å². The van der Waals surface area contributed by atoms with Crippen molar-refractivity contribution in [1.29, 1.82) is 0 Å². The Balaban J connectivity index is 1.56. The molecule has 2 aliphatic rings. The molecule has 3 aromatic rings. The molecule has 3 aromatic carbocycles. The van der Waals surface area contributed by atoms with Crippen LogP contribution in [0.4, 0.5) is 11.4 Å². The number of nitrogens with zero attached hydrogens (tertiary/aromatic N) is 4. The Labute approximate surface area is 225 Å². The van der Waals surface area contributed by atoms with Crippen molar-refractivity contribution in [3.8, 4) is 5.75 Å². The van der Waals surface area contributed by atoms with Crippen LogP contribution in [0.25, 0.3) is 0 Å². The molecule has 0 fully saturated rings. The summed E-state index contributed by atoms with van der Waals surface area (Å²) in [4.78, 5) is 27.7. The van der Waals surface area contributed by atoms with Crippen LogP contribution in [0, 0.1) is 11.8 Å². The van der Waals surface area contributed by atoms with Gasteiger partial charge in [-0.05, 0) is 80.1 Å². The van der Waals surface area contributed by atoms with E-state index in [1.165, 1.54) is 10.0 Å². The number of phenolic OH excluding ortho intramolecular Hbond substituents is 1.